The summed E-state index contributed by atoms with van der Waals surface area (Å²) in [5.74, 6) is 0.584. The van der Waals surface area contributed by atoms with Crippen molar-refractivity contribution in [3.05, 3.63) is 41.7 Å². The molecule has 0 atom stereocenters. The van der Waals surface area contributed by atoms with Crippen LogP contribution < -0.4 is 10.8 Å². The van der Waals surface area contributed by atoms with Gasteiger partial charge in [-0.05, 0) is 70.8 Å². The van der Waals surface area contributed by atoms with E-state index in [9.17, 15) is 0 Å². The molecule has 0 bridgehead atoms. The van der Waals surface area contributed by atoms with Gasteiger partial charge in [-0.3, -0.25) is 0 Å². The van der Waals surface area contributed by atoms with Crippen molar-refractivity contribution in [2.45, 2.75) is 52.7 Å². The van der Waals surface area contributed by atoms with E-state index in [1.807, 2.05) is 19.1 Å². The Balaban J connectivity index is 1.87. The van der Waals surface area contributed by atoms with Crippen LogP contribution in [-0.4, -0.2) is 28.3 Å². The van der Waals surface area contributed by atoms with Crippen LogP contribution in [0.2, 0.25) is 0 Å². The Morgan fingerprint density at radius 3 is 2.29 bits per heavy atom. The summed E-state index contributed by atoms with van der Waals surface area (Å²) in [4.78, 5) is 8.64. The van der Waals surface area contributed by atoms with Crippen LogP contribution in [0.5, 0.6) is 0 Å². The standard InChI is InChI=1S/C18H24BN3O2/c1-12-9-14(19-23-17(3,4)18(5,6)24-19)11-15(10-12)22-16-20-8-7-13(2)21-16/h7-11H,1-6H3,(H,20,21,22). The van der Waals surface area contributed by atoms with Crippen LogP contribution in [0.4, 0.5) is 11.6 Å². The van der Waals surface area contributed by atoms with Crippen molar-refractivity contribution in [1.82, 2.24) is 9.97 Å². The largest absolute Gasteiger partial charge is 0.494 e. The first-order chi connectivity index (χ1) is 11.2. The highest BCUT2D eigenvalue weighted by molar-refractivity contribution is 6.62. The molecule has 2 aromatic rings. The molecule has 1 saturated heterocycles. The summed E-state index contributed by atoms with van der Waals surface area (Å²) in [6.07, 6.45) is 1.75. The molecule has 0 aliphatic carbocycles. The van der Waals surface area contributed by atoms with Crippen LogP contribution in [0.3, 0.4) is 0 Å². The summed E-state index contributed by atoms with van der Waals surface area (Å²) < 4.78 is 12.3. The van der Waals surface area contributed by atoms with Crippen LogP contribution in [0, 0.1) is 13.8 Å². The van der Waals surface area contributed by atoms with Crippen LogP contribution in [0.15, 0.2) is 30.5 Å². The lowest BCUT2D eigenvalue weighted by Crippen LogP contribution is -2.41. The maximum atomic E-state index is 6.15. The fraction of sp³-hybridized carbons (Fsp3) is 0.444. The molecule has 1 N–H and O–H groups in total. The molecular formula is C18H24BN3O2. The molecular weight excluding hydrogens is 301 g/mol. The first-order valence-corrected chi connectivity index (χ1v) is 8.20. The molecule has 1 aliphatic heterocycles. The minimum Gasteiger partial charge on any atom is -0.399 e. The Morgan fingerprint density at radius 2 is 1.67 bits per heavy atom. The Kier molecular flexibility index (Phi) is 4.14. The molecule has 0 unspecified atom stereocenters. The highest BCUT2D eigenvalue weighted by Crippen LogP contribution is 2.36. The summed E-state index contributed by atoms with van der Waals surface area (Å²) in [6, 6.07) is 8.04. The van der Waals surface area contributed by atoms with Crippen molar-refractivity contribution in [3.63, 3.8) is 0 Å². The average molecular weight is 325 g/mol. The number of hydrogen-bond donors (Lipinski definition) is 1. The second kappa shape index (κ2) is 5.86. The van der Waals surface area contributed by atoms with E-state index in [1.165, 1.54) is 0 Å². The molecule has 5 nitrogen and oxygen atoms in total. The molecule has 2 heterocycles. The predicted molar refractivity (Wildman–Crippen MR) is 96.9 cm³/mol. The van der Waals surface area contributed by atoms with E-state index in [0.29, 0.717) is 5.95 Å². The van der Waals surface area contributed by atoms with E-state index in [-0.39, 0.29) is 18.3 Å². The lowest BCUT2D eigenvalue weighted by Gasteiger charge is -2.32. The number of nitrogens with one attached hydrogen (secondary N) is 1. The summed E-state index contributed by atoms with van der Waals surface area (Å²) in [5, 5.41) is 3.26. The molecule has 0 amide bonds. The van der Waals surface area contributed by atoms with E-state index in [0.717, 1.165) is 22.4 Å². The third-order valence-electron chi connectivity index (χ3n) is 4.68. The molecule has 0 radical (unpaired) electrons. The highest BCUT2D eigenvalue weighted by atomic mass is 16.7. The number of nitrogens with zero attached hydrogens (tertiary/aromatic N) is 2. The minimum absolute atomic E-state index is 0.353. The van der Waals surface area contributed by atoms with Gasteiger partial charge in [-0.1, -0.05) is 6.07 Å². The summed E-state index contributed by atoms with van der Waals surface area (Å²) in [7, 11) is -0.381. The van der Waals surface area contributed by atoms with Crippen molar-refractivity contribution in [1.29, 1.82) is 0 Å². The van der Waals surface area contributed by atoms with Crippen molar-refractivity contribution in [2.24, 2.45) is 0 Å². The van der Waals surface area contributed by atoms with E-state index >= 15 is 0 Å². The Morgan fingerprint density at radius 1 is 1.00 bits per heavy atom. The first-order valence-electron chi connectivity index (χ1n) is 8.20. The molecule has 6 heteroatoms. The normalized spacial score (nSPS) is 18.7. The van der Waals surface area contributed by atoms with Crippen molar-refractivity contribution >= 4 is 24.2 Å². The van der Waals surface area contributed by atoms with Crippen molar-refractivity contribution < 1.29 is 9.31 Å². The number of aryl methyl sites for hydroxylation is 2. The van der Waals surface area contributed by atoms with Crippen LogP contribution in [-0.2, 0) is 9.31 Å². The van der Waals surface area contributed by atoms with Gasteiger partial charge in [0.1, 0.15) is 0 Å². The van der Waals surface area contributed by atoms with Gasteiger partial charge in [0.25, 0.3) is 0 Å². The van der Waals surface area contributed by atoms with Gasteiger partial charge < -0.3 is 14.6 Å². The number of anilines is 2. The highest BCUT2D eigenvalue weighted by Gasteiger charge is 2.51. The number of aromatic nitrogens is 2. The van der Waals surface area contributed by atoms with Crippen LogP contribution in [0.1, 0.15) is 39.0 Å². The van der Waals surface area contributed by atoms with Crippen molar-refractivity contribution in [2.75, 3.05) is 5.32 Å². The number of hydrogen-bond acceptors (Lipinski definition) is 5. The van der Waals surface area contributed by atoms with Gasteiger partial charge in [-0.25, -0.2) is 9.97 Å². The summed E-state index contributed by atoms with van der Waals surface area (Å²) in [5.41, 5.74) is 3.25. The third-order valence-corrected chi connectivity index (χ3v) is 4.68. The molecule has 24 heavy (non-hydrogen) atoms. The number of benzene rings is 1. The minimum atomic E-state index is -0.381. The predicted octanol–water partition coefficient (Wildman–Crippen LogP) is 3.14. The van der Waals surface area contributed by atoms with E-state index in [4.69, 9.17) is 9.31 Å². The van der Waals surface area contributed by atoms with E-state index < -0.39 is 0 Å². The number of rotatable bonds is 3. The van der Waals surface area contributed by atoms with Gasteiger partial charge in [-0.2, -0.15) is 0 Å². The molecule has 0 saturated carbocycles. The fourth-order valence-corrected chi connectivity index (χ4v) is 2.64. The fourth-order valence-electron chi connectivity index (χ4n) is 2.64. The van der Waals surface area contributed by atoms with Gasteiger partial charge >= 0.3 is 7.12 Å². The van der Waals surface area contributed by atoms with Crippen LogP contribution in [0.25, 0.3) is 0 Å². The quantitative estimate of drug-likeness (QED) is 0.879. The maximum Gasteiger partial charge on any atom is 0.494 e. The second-order valence-electron chi connectivity index (χ2n) is 7.37. The first kappa shape index (κ1) is 16.9. The smallest absolute Gasteiger partial charge is 0.399 e. The molecule has 1 aromatic carbocycles. The lowest BCUT2D eigenvalue weighted by atomic mass is 9.78. The molecule has 1 aromatic heterocycles. The van der Waals surface area contributed by atoms with E-state index in [1.54, 1.807) is 6.20 Å². The monoisotopic (exact) mass is 325 g/mol. The van der Waals surface area contributed by atoms with Gasteiger partial charge in [0.2, 0.25) is 5.95 Å². The molecule has 3 rings (SSSR count). The summed E-state index contributed by atoms with van der Waals surface area (Å²) in [6.45, 7) is 12.2. The van der Waals surface area contributed by atoms with Crippen molar-refractivity contribution in [3.8, 4) is 0 Å². The maximum absolute atomic E-state index is 6.15. The Labute approximate surface area is 144 Å². The zero-order chi connectivity index (χ0) is 17.5. The SMILES string of the molecule is Cc1cc(Nc2nccc(C)n2)cc(B2OC(C)(C)C(C)(C)O2)c1. The molecule has 0 spiro atoms. The Hall–Kier alpha value is -1.92. The van der Waals surface area contributed by atoms with Gasteiger partial charge in [-0.15, -0.1) is 0 Å². The lowest BCUT2D eigenvalue weighted by molar-refractivity contribution is 0.00578. The second-order valence-corrected chi connectivity index (χ2v) is 7.37. The summed E-state index contributed by atoms with van der Waals surface area (Å²) >= 11 is 0. The average Bonchev–Trinajstić information content (AvgIpc) is 2.67. The Bertz CT molecular complexity index is 746. The van der Waals surface area contributed by atoms with Gasteiger partial charge in [0, 0.05) is 17.6 Å². The van der Waals surface area contributed by atoms with E-state index in [2.05, 4.69) is 62.0 Å². The van der Waals surface area contributed by atoms with Gasteiger partial charge in [0.05, 0.1) is 11.2 Å². The van der Waals surface area contributed by atoms with Crippen LogP contribution >= 0.6 is 0 Å². The third kappa shape index (κ3) is 3.30. The molecule has 1 fully saturated rings. The zero-order valence-electron chi connectivity index (χ0n) is 15.2. The van der Waals surface area contributed by atoms with Gasteiger partial charge in [0.15, 0.2) is 0 Å². The molecule has 1 aliphatic rings. The molecule has 126 valence electrons. The topological polar surface area (TPSA) is 56.3 Å². The zero-order valence-corrected chi connectivity index (χ0v) is 15.2.